The maximum absolute atomic E-state index is 16.4. The second-order valence-electron chi connectivity index (χ2n) is 12.3. The highest BCUT2D eigenvalue weighted by Gasteiger charge is 2.34. The van der Waals surface area contributed by atoms with Crippen LogP contribution in [0.2, 0.25) is 0 Å². The molecule has 7 nitrogen and oxygen atoms in total. The third kappa shape index (κ3) is 5.61. The Morgan fingerprint density at radius 3 is 2.41 bits per heavy atom. The summed E-state index contributed by atoms with van der Waals surface area (Å²) in [5.41, 5.74) is 4.39. The van der Waals surface area contributed by atoms with Gasteiger partial charge in [0, 0.05) is 42.3 Å². The summed E-state index contributed by atoms with van der Waals surface area (Å²) in [6, 6.07) is 12.5. The highest BCUT2D eigenvalue weighted by Crippen LogP contribution is 2.37. The van der Waals surface area contributed by atoms with Crippen LogP contribution in [0, 0.1) is 12.7 Å². The molecule has 10 heteroatoms. The molecule has 1 saturated heterocycles. The molecule has 0 spiro atoms. The number of halogens is 1. The van der Waals surface area contributed by atoms with Gasteiger partial charge in [-0.1, -0.05) is 50.8 Å². The Hall–Kier alpha value is -4.46. The number of aryl methyl sites for hydroxylation is 1. The summed E-state index contributed by atoms with van der Waals surface area (Å²) in [7, 11) is 4.01. The van der Waals surface area contributed by atoms with Gasteiger partial charge < -0.3 is 9.80 Å². The maximum atomic E-state index is 16.4. The van der Waals surface area contributed by atoms with Crippen molar-refractivity contribution in [1.82, 2.24) is 19.4 Å². The van der Waals surface area contributed by atoms with Gasteiger partial charge in [0.25, 0.3) is 0 Å². The Bertz CT molecular complexity index is 1850. The van der Waals surface area contributed by atoms with Crippen LogP contribution in [0.25, 0.3) is 33.8 Å². The minimum atomic E-state index is -0.468. The number of carbonyl (C=O) groups is 1. The van der Waals surface area contributed by atoms with Crippen LogP contribution in [-0.4, -0.2) is 66.2 Å². The van der Waals surface area contributed by atoms with E-state index in [4.69, 9.17) is 0 Å². The number of carbonyl (C=O) groups excluding carboxylic acids is 1. The summed E-state index contributed by atoms with van der Waals surface area (Å²) in [5.74, 6) is -0.119. The van der Waals surface area contributed by atoms with E-state index in [1.54, 1.807) is 21.7 Å². The molecule has 1 amide bonds. The van der Waals surface area contributed by atoms with E-state index in [-0.39, 0.29) is 23.9 Å². The Morgan fingerprint density at radius 2 is 1.77 bits per heavy atom. The summed E-state index contributed by atoms with van der Waals surface area (Å²) in [5, 5.41) is 1.61. The summed E-state index contributed by atoms with van der Waals surface area (Å²) in [6.07, 6.45) is 5.09. The van der Waals surface area contributed by atoms with Crippen LogP contribution in [0.3, 0.4) is 0 Å². The fourth-order valence-electron chi connectivity index (χ4n) is 6.36. The summed E-state index contributed by atoms with van der Waals surface area (Å²) >= 11 is 0. The third-order valence-corrected chi connectivity index (χ3v) is 8.23. The highest BCUT2D eigenvalue weighted by molar-refractivity contribution is 6.50. The zero-order valence-corrected chi connectivity index (χ0v) is 26.6. The van der Waals surface area contributed by atoms with E-state index in [0.717, 1.165) is 27.8 Å². The average Bonchev–Trinajstić information content (AvgIpc) is 2.96. The molecule has 0 N–H and O–H groups in total. The Balaban J connectivity index is 1.85. The smallest absolute Gasteiger partial charge is 0.347 e. The van der Waals surface area contributed by atoms with Crippen molar-refractivity contribution in [2.24, 2.45) is 0 Å². The van der Waals surface area contributed by atoms with Gasteiger partial charge in [-0.05, 0) is 67.7 Å². The first-order valence-corrected chi connectivity index (χ1v) is 15.1. The Kier molecular flexibility index (Phi) is 8.64. The van der Waals surface area contributed by atoms with Crippen molar-refractivity contribution in [2.45, 2.75) is 52.6 Å². The van der Waals surface area contributed by atoms with Gasteiger partial charge in [0.05, 0.1) is 16.9 Å². The SMILES string of the molecule is BC(B)=Cc1ccccc1-c1cc2c(cc1F)c(N1[C@@H](C)CN(C(=O)C=C)C[C@@H]1C)nc(=O)n2-c1c(C)ccnc1C(C)C. The molecule has 1 fully saturated rings. The molecule has 2 aromatic heterocycles. The van der Waals surface area contributed by atoms with Gasteiger partial charge in [-0.3, -0.25) is 14.3 Å². The van der Waals surface area contributed by atoms with Crippen molar-refractivity contribution >= 4 is 44.4 Å². The number of nitrogens with zero attached hydrogens (tertiary/aromatic N) is 5. The van der Waals surface area contributed by atoms with Crippen molar-refractivity contribution in [3.05, 3.63) is 99.8 Å². The number of aromatic nitrogens is 3. The number of hydrogen-bond donors (Lipinski definition) is 0. The zero-order chi connectivity index (χ0) is 31.9. The average molecular weight is 589 g/mol. The zero-order valence-electron chi connectivity index (χ0n) is 26.6. The lowest BCUT2D eigenvalue weighted by atomic mass is 9.77. The minimum Gasteiger partial charge on any atom is -0.347 e. The van der Waals surface area contributed by atoms with Gasteiger partial charge in [-0.25, -0.2) is 9.18 Å². The van der Waals surface area contributed by atoms with E-state index in [0.29, 0.717) is 41.1 Å². The quantitative estimate of drug-likeness (QED) is 0.249. The molecule has 3 heterocycles. The lowest BCUT2D eigenvalue weighted by molar-refractivity contribution is -0.127. The van der Waals surface area contributed by atoms with Gasteiger partial charge in [0.2, 0.25) is 5.91 Å². The lowest BCUT2D eigenvalue weighted by Crippen LogP contribution is -2.58. The molecule has 4 aromatic rings. The molecule has 2 atom stereocenters. The summed E-state index contributed by atoms with van der Waals surface area (Å²) in [4.78, 5) is 39.8. The van der Waals surface area contributed by atoms with Crippen LogP contribution in [0.1, 0.15) is 50.4 Å². The van der Waals surface area contributed by atoms with Crippen molar-refractivity contribution in [3.63, 3.8) is 0 Å². The van der Waals surface area contributed by atoms with Crippen molar-refractivity contribution in [1.29, 1.82) is 0 Å². The highest BCUT2D eigenvalue weighted by atomic mass is 19.1. The molecule has 0 radical (unpaired) electrons. The first kappa shape index (κ1) is 31.0. The molecule has 1 aliphatic heterocycles. The van der Waals surface area contributed by atoms with E-state index in [2.05, 4.69) is 16.5 Å². The van der Waals surface area contributed by atoms with Crippen LogP contribution in [0.4, 0.5) is 10.2 Å². The maximum Gasteiger partial charge on any atom is 0.354 e. The summed E-state index contributed by atoms with van der Waals surface area (Å²) < 4.78 is 18.0. The normalized spacial score (nSPS) is 16.8. The van der Waals surface area contributed by atoms with E-state index in [1.807, 2.05) is 91.6 Å². The van der Waals surface area contributed by atoms with Crippen LogP contribution in [0.5, 0.6) is 0 Å². The minimum absolute atomic E-state index is 0.0281. The van der Waals surface area contributed by atoms with Crippen LogP contribution < -0.4 is 10.6 Å². The number of pyridine rings is 1. The van der Waals surface area contributed by atoms with Crippen LogP contribution in [0.15, 0.2) is 71.5 Å². The van der Waals surface area contributed by atoms with E-state index in [9.17, 15) is 9.59 Å². The topological polar surface area (TPSA) is 71.3 Å². The monoisotopic (exact) mass is 589 g/mol. The fraction of sp³-hybridized carbons (Fsp3) is 0.294. The molecular formula is C34H38B2FN5O2. The molecule has 0 aliphatic carbocycles. The van der Waals surface area contributed by atoms with Gasteiger partial charge in [0.15, 0.2) is 0 Å². The summed E-state index contributed by atoms with van der Waals surface area (Å²) in [6.45, 7) is 14.5. The Morgan fingerprint density at radius 1 is 1.09 bits per heavy atom. The van der Waals surface area contributed by atoms with E-state index < -0.39 is 11.5 Å². The second-order valence-corrected chi connectivity index (χ2v) is 12.3. The second kappa shape index (κ2) is 12.3. The van der Waals surface area contributed by atoms with E-state index >= 15 is 4.39 Å². The third-order valence-electron chi connectivity index (χ3n) is 8.23. The number of piperazine rings is 1. The molecule has 0 unspecified atom stereocenters. The van der Waals surface area contributed by atoms with Crippen molar-refractivity contribution in [3.8, 4) is 16.8 Å². The number of benzene rings is 2. The number of hydrogen-bond acceptors (Lipinski definition) is 5. The molecule has 0 saturated carbocycles. The van der Waals surface area contributed by atoms with Crippen molar-refractivity contribution in [2.75, 3.05) is 18.0 Å². The molecule has 5 rings (SSSR count). The van der Waals surface area contributed by atoms with Crippen LogP contribution >= 0.6 is 0 Å². The number of amides is 1. The molecule has 44 heavy (non-hydrogen) atoms. The first-order chi connectivity index (χ1) is 20.9. The standard InChI is InChI=1S/C34H38B2FN5O2/c1-7-30(43)40-17-21(5)41(22(6)18-40)33-26-15-27(37)25(24-11-9-8-10-23(24)14-29(35)36)16-28(26)42(34(44)39-33)32-20(4)12-13-38-31(32)19(2)3/h7-16,19,21-22H,1,17-18,35-36H2,2-6H3/t21-,22-/m0/s1. The molecule has 224 valence electrons. The predicted octanol–water partition coefficient (Wildman–Crippen LogP) is 4.19. The van der Waals surface area contributed by atoms with Gasteiger partial charge in [-0.2, -0.15) is 4.98 Å². The van der Waals surface area contributed by atoms with Gasteiger partial charge in [-0.15, -0.1) is 5.37 Å². The van der Waals surface area contributed by atoms with Crippen LogP contribution in [-0.2, 0) is 4.79 Å². The largest absolute Gasteiger partial charge is 0.354 e. The number of fused-ring (bicyclic) bond motifs is 1. The number of rotatable bonds is 6. The Labute approximate surface area is 259 Å². The first-order valence-electron chi connectivity index (χ1n) is 15.1. The van der Waals surface area contributed by atoms with Gasteiger partial charge >= 0.3 is 5.69 Å². The van der Waals surface area contributed by atoms with E-state index in [1.165, 1.54) is 12.1 Å². The van der Waals surface area contributed by atoms with Gasteiger partial charge in [0.1, 0.15) is 27.3 Å². The molecular weight excluding hydrogens is 551 g/mol. The van der Waals surface area contributed by atoms with Crippen molar-refractivity contribution < 1.29 is 9.18 Å². The fourth-order valence-corrected chi connectivity index (χ4v) is 6.36. The molecule has 1 aliphatic rings. The predicted molar refractivity (Wildman–Crippen MR) is 183 cm³/mol. The number of anilines is 1. The molecule has 0 bridgehead atoms. The molecule has 2 aromatic carbocycles. The lowest BCUT2D eigenvalue weighted by Gasteiger charge is -2.45.